The Morgan fingerprint density at radius 2 is 1.25 bits per heavy atom. The van der Waals surface area contributed by atoms with Crippen LogP contribution in [-0.4, -0.2) is 0 Å². The van der Waals surface area contributed by atoms with Crippen molar-refractivity contribution in [3.05, 3.63) is 0 Å². The van der Waals surface area contributed by atoms with Crippen molar-refractivity contribution in [3.8, 4) is 0 Å². The standard InChI is InChI=1S/2O.Rh.Ru. The van der Waals surface area contributed by atoms with Crippen molar-refractivity contribution in [3.63, 3.8) is 0 Å². The second-order valence-corrected chi connectivity index (χ2v) is 0. The molecule has 0 heterocycles. The van der Waals surface area contributed by atoms with Crippen LogP contribution in [-0.2, 0) is 43.7 Å². The summed E-state index contributed by atoms with van der Waals surface area (Å²) in [5, 5.41) is 0. The minimum atomic E-state index is 1.10. The predicted octanol–water partition coefficient (Wildman–Crippen LogP) is -0.243. The van der Waals surface area contributed by atoms with Crippen LogP contribution in [0.1, 0.15) is 0 Å². The van der Waals surface area contributed by atoms with Gasteiger partial charge in [-0.1, -0.05) is 0 Å². The first-order valence-electron chi connectivity index (χ1n) is 0.280. The molecule has 0 N–H and O–H groups in total. The predicted molar refractivity (Wildman–Crippen MR) is 1.37 cm³/mol. The minimum absolute atomic E-state index is 1.10. The average Bonchev–Trinajstić information content (AvgIpc) is 1.50. The van der Waals surface area contributed by atoms with Crippen molar-refractivity contribution in [2.45, 2.75) is 0 Å². The molecule has 0 aromatic rings. The first kappa shape index (κ1) is 8.85. The third-order valence-electron chi connectivity index (χ3n) is 0. The molecule has 2 nitrogen and oxygen atoms in total. The van der Waals surface area contributed by atoms with Crippen LogP contribution in [0, 0.1) is 0 Å². The zero-order valence-electron chi connectivity index (χ0n) is 1.50. The summed E-state index contributed by atoms with van der Waals surface area (Å²) in [5.41, 5.74) is 0. The van der Waals surface area contributed by atoms with Crippen LogP contribution in [0.15, 0.2) is 0 Å². The topological polar surface area (TPSA) is 34.1 Å². The molecule has 4 heteroatoms. The fourth-order valence-electron chi connectivity index (χ4n) is 0. The van der Waals surface area contributed by atoms with Gasteiger partial charge in [-0.15, -0.1) is 0 Å². The van der Waals surface area contributed by atoms with E-state index in [1.54, 1.807) is 0 Å². The van der Waals surface area contributed by atoms with E-state index >= 15 is 0 Å². The Hall–Kier alpha value is 0.847. The van der Waals surface area contributed by atoms with Gasteiger partial charge in [0, 0.05) is 0 Å². The molecule has 0 radical (unpaired) electrons. The Balaban J connectivity index is 0. The molecule has 0 saturated heterocycles. The van der Waals surface area contributed by atoms with E-state index < -0.39 is 0 Å². The zero-order valence-corrected chi connectivity index (χ0v) is 4.88. The van der Waals surface area contributed by atoms with Crippen molar-refractivity contribution in [1.82, 2.24) is 0 Å². The fraction of sp³-hybridized carbons (Fsp3) is 0. The molecule has 0 amide bonds. The van der Waals surface area contributed by atoms with Crippen LogP contribution >= 0.6 is 0 Å². The molecular formula is O2RhRu. The average molecular weight is 236 g/mol. The molecule has 0 aromatic heterocycles. The molecule has 0 spiro atoms. The van der Waals surface area contributed by atoms with E-state index in [9.17, 15) is 0 Å². The first-order valence-corrected chi connectivity index (χ1v) is 1.66. The van der Waals surface area contributed by atoms with Crippen LogP contribution in [0.5, 0.6) is 0 Å². The molecule has 0 aliphatic heterocycles. The summed E-state index contributed by atoms with van der Waals surface area (Å²) in [6.07, 6.45) is 0. The summed E-state index contributed by atoms with van der Waals surface area (Å²) in [6, 6.07) is 0. The van der Waals surface area contributed by atoms with Crippen molar-refractivity contribution < 1.29 is 43.7 Å². The van der Waals surface area contributed by atoms with Gasteiger partial charge in [0.25, 0.3) is 0 Å². The Kier molecular flexibility index (Phi) is 96.2. The van der Waals surface area contributed by atoms with Gasteiger partial charge in [-0.05, 0) is 0 Å². The Bertz CT molecular complexity index is 8.00. The van der Waals surface area contributed by atoms with Gasteiger partial charge < -0.3 is 0 Å². The third kappa shape index (κ3) is 13.5. The molecule has 0 saturated carbocycles. The first-order chi connectivity index (χ1) is 2.00. The van der Waals surface area contributed by atoms with E-state index in [4.69, 9.17) is 7.15 Å². The molecule has 0 atom stereocenters. The normalized spacial score (nSPS) is 2.50. The molecule has 29 valence electrons. The Morgan fingerprint density at radius 1 is 1.25 bits per heavy atom. The third-order valence-corrected chi connectivity index (χ3v) is 0. The second-order valence-electron chi connectivity index (χ2n) is 0. The van der Waals surface area contributed by atoms with E-state index in [-0.39, 0.29) is 0 Å². The SMILES string of the molecule is [O]=[Rh].[O]=[Ru]. The number of rotatable bonds is 0. The van der Waals surface area contributed by atoms with Crippen LogP contribution in [0.25, 0.3) is 0 Å². The van der Waals surface area contributed by atoms with Crippen LogP contribution in [0.4, 0.5) is 0 Å². The monoisotopic (exact) mass is 237 g/mol. The van der Waals surface area contributed by atoms with Crippen molar-refractivity contribution >= 4 is 0 Å². The number of hydrogen-bond acceptors (Lipinski definition) is 2. The van der Waals surface area contributed by atoms with Gasteiger partial charge in [0.15, 0.2) is 0 Å². The van der Waals surface area contributed by atoms with Crippen LogP contribution in [0.2, 0.25) is 0 Å². The van der Waals surface area contributed by atoms with Gasteiger partial charge in [0.05, 0.1) is 0 Å². The van der Waals surface area contributed by atoms with E-state index in [1.807, 2.05) is 0 Å². The zero-order chi connectivity index (χ0) is 4.00. The second kappa shape index (κ2) is 43.5. The maximum atomic E-state index is 8.18. The van der Waals surface area contributed by atoms with Crippen molar-refractivity contribution in [2.24, 2.45) is 0 Å². The van der Waals surface area contributed by atoms with Crippen LogP contribution in [0.3, 0.4) is 0 Å². The summed E-state index contributed by atoms with van der Waals surface area (Å²) in [4.78, 5) is 0. The summed E-state index contributed by atoms with van der Waals surface area (Å²) in [7, 11) is 0. The van der Waals surface area contributed by atoms with Gasteiger partial charge in [0.2, 0.25) is 0 Å². The van der Waals surface area contributed by atoms with Gasteiger partial charge in [-0.2, -0.15) is 0 Å². The molecule has 0 aromatic carbocycles. The molecule has 0 rings (SSSR count). The van der Waals surface area contributed by atoms with Gasteiger partial charge in [-0.25, -0.2) is 0 Å². The van der Waals surface area contributed by atoms with Crippen molar-refractivity contribution in [2.75, 3.05) is 0 Å². The van der Waals surface area contributed by atoms with E-state index in [1.165, 1.54) is 18.3 Å². The van der Waals surface area contributed by atoms with E-state index in [0.717, 1.165) is 18.3 Å². The van der Waals surface area contributed by atoms with Gasteiger partial charge in [-0.3, -0.25) is 0 Å². The van der Waals surface area contributed by atoms with E-state index in [2.05, 4.69) is 0 Å². The number of hydrogen-bond donors (Lipinski definition) is 0. The molecule has 0 aliphatic carbocycles. The molecular weight excluding hydrogens is 236 g/mol. The van der Waals surface area contributed by atoms with E-state index in [0.29, 0.717) is 0 Å². The Labute approximate surface area is 43.8 Å². The van der Waals surface area contributed by atoms with Gasteiger partial charge in [0.1, 0.15) is 0 Å². The molecule has 0 aliphatic rings. The molecule has 0 bridgehead atoms. The summed E-state index contributed by atoms with van der Waals surface area (Å²) in [5.74, 6) is 0. The fourth-order valence-corrected chi connectivity index (χ4v) is 0. The molecule has 4 heavy (non-hydrogen) atoms. The quantitative estimate of drug-likeness (QED) is 0.544. The van der Waals surface area contributed by atoms with Crippen LogP contribution < -0.4 is 0 Å². The Morgan fingerprint density at radius 3 is 1.25 bits per heavy atom. The molecule has 0 unspecified atom stereocenters. The van der Waals surface area contributed by atoms with Gasteiger partial charge >= 0.3 is 43.7 Å². The van der Waals surface area contributed by atoms with Crippen molar-refractivity contribution in [1.29, 1.82) is 0 Å². The summed E-state index contributed by atoms with van der Waals surface area (Å²) >= 11 is 2.40. The molecule has 0 fully saturated rings. The summed E-state index contributed by atoms with van der Waals surface area (Å²) in [6.45, 7) is 0. The summed E-state index contributed by atoms with van der Waals surface area (Å²) < 4.78 is 16.3. The maximum absolute atomic E-state index is 8.18.